The fourth-order valence-electron chi connectivity index (χ4n) is 1.43. The normalized spacial score (nSPS) is 9.89. The number of ether oxygens (including phenoxy) is 1. The summed E-state index contributed by atoms with van der Waals surface area (Å²) in [7, 11) is 1.59. The highest BCUT2D eigenvalue weighted by molar-refractivity contribution is 9.10. The van der Waals surface area contributed by atoms with Gasteiger partial charge in [-0.05, 0) is 46.3 Å². The largest absolute Gasteiger partial charge is 0.497 e. The van der Waals surface area contributed by atoms with E-state index in [0.717, 1.165) is 10.2 Å². The topological polar surface area (TPSA) is 51.2 Å². The first-order chi connectivity index (χ1) is 8.69. The number of carbonyl (C=O) groups is 1. The molecule has 0 bridgehead atoms. The van der Waals surface area contributed by atoms with Crippen LogP contribution in [0, 0.1) is 0 Å². The van der Waals surface area contributed by atoms with Crippen molar-refractivity contribution in [1.29, 1.82) is 0 Å². The Kier molecular flexibility index (Phi) is 3.94. The van der Waals surface area contributed by atoms with E-state index in [1.807, 2.05) is 0 Å². The van der Waals surface area contributed by atoms with Gasteiger partial charge in [0.05, 0.1) is 19.0 Å². The van der Waals surface area contributed by atoms with Gasteiger partial charge in [0.1, 0.15) is 5.75 Å². The second kappa shape index (κ2) is 5.64. The van der Waals surface area contributed by atoms with Crippen molar-refractivity contribution in [3.63, 3.8) is 0 Å². The average molecular weight is 307 g/mol. The highest BCUT2D eigenvalue weighted by atomic mass is 79.9. The standard InChI is InChI=1S/C13H11BrN2O2/c1-18-12-4-2-9(3-5-12)13(17)16-11-6-10(14)7-15-8-11/h2-8H,1H3,(H,16,17). The molecule has 0 atom stereocenters. The van der Waals surface area contributed by atoms with Crippen LogP contribution in [0.3, 0.4) is 0 Å². The molecule has 0 aliphatic rings. The van der Waals surface area contributed by atoms with Gasteiger partial charge in [-0.2, -0.15) is 0 Å². The van der Waals surface area contributed by atoms with E-state index in [1.165, 1.54) is 0 Å². The molecule has 5 heteroatoms. The molecule has 92 valence electrons. The fraction of sp³-hybridized carbons (Fsp3) is 0.0769. The van der Waals surface area contributed by atoms with Gasteiger partial charge in [0.2, 0.25) is 0 Å². The number of nitrogens with one attached hydrogen (secondary N) is 1. The average Bonchev–Trinajstić information content (AvgIpc) is 2.39. The minimum Gasteiger partial charge on any atom is -0.497 e. The van der Waals surface area contributed by atoms with Crippen LogP contribution in [-0.4, -0.2) is 18.0 Å². The van der Waals surface area contributed by atoms with Crippen LogP contribution in [0.5, 0.6) is 5.75 Å². The number of aromatic nitrogens is 1. The third-order valence-corrected chi connectivity index (χ3v) is 2.75. The maximum atomic E-state index is 11.9. The fourth-order valence-corrected chi connectivity index (χ4v) is 1.79. The van der Waals surface area contributed by atoms with Crippen molar-refractivity contribution in [3.8, 4) is 5.75 Å². The highest BCUT2D eigenvalue weighted by Gasteiger charge is 2.06. The summed E-state index contributed by atoms with van der Waals surface area (Å²) >= 11 is 3.30. The van der Waals surface area contributed by atoms with Gasteiger partial charge in [0.25, 0.3) is 5.91 Å². The van der Waals surface area contributed by atoms with Crippen molar-refractivity contribution in [2.45, 2.75) is 0 Å². The van der Waals surface area contributed by atoms with E-state index >= 15 is 0 Å². The zero-order valence-corrected chi connectivity index (χ0v) is 11.3. The third-order valence-electron chi connectivity index (χ3n) is 2.31. The zero-order chi connectivity index (χ0) is 13.0. The first kappa shape index (κ1) is 12.6. The Hall–Kier alpha value is -1.88. The molecule has 0 aliphatic carbocycles. The summed E-state index contributed by atoms with van der Waals surface area (Å²) in [4.78, 5) is 15.9. The Morgan fingerprint density at radius 3 is 2.61 bits per heavy atom. The van der Waals surface area contributed by atoms with Crippen LogP contribution in [0.1, 0.15) is 10.4 Å². The quantitative estimate of drug-likeness (QED) is 0.948. The lowest BCUT2D eigenvalue weighted by Crippen LogP contribution is -2.11. The number of methoxy groups -OCH3 is 1. The van der Waals surface area contributed by atoms with Gasteiger partial charge in [0.15, 0.2) is 0 Å². The summed E-state index contributed by atoms with van der Waals surface area (Å²) in [6, 6.07) is 8.69. The smallest absolute Gasteiger partial charge is 0.255 e. The molecule has 1 aromatic heterocycles. The van der Waals surface area contributed by atoms with E-state index in [0.29, 0.717) is 11.3 Å². The predicted molar refractivity (Wildman–Crippen MR) is 72.9 cm³/mol. The number of hydrogen-bond donors (Lipinski definition) is 1. The van der Waals surface area contributed by atoms with Gasteiger partial charge in [-0.15, -0.1) is 0 Å². The molecule has 18 heavy (non-hydrogen) atoms. The second-order valence-electron chi connectivity index (χ2n) is 3.57. The van der Waals surface area contributed by atoms with Crippen molar-refractivity contribution in [2.24, 2.45) is 0 Å². The van der Waals surface area contributed by atoms with E-state index in [4.69, 9.17) is 4.74 Å². The van der Waals surface area contributed by atoms with E-state index in [2.05, 4.69) is 26.2 Å². The van der Waals surface area contributed by atoms with Crippen molar-refractivity contribution in [1.82, 2.24) is 4.98 Å². The Balaban J connectivity index is 2.11. The van der Waals surface area contributed by atoms with Crippen LogP contribution < -0.4 is 10.1 Å². The van der Waals surface area contributed by atoms with Gasteiger partial charge < -0.3 is 10.1 Å². The van der Waals surface area contributed by atoms with E-state index < -0.39 is 0 Å². The predicted octanol–water partition coefficient (Wildman–Crippen LogP) is 3.11. The number of pyridine rings is 1. The molecule has 1 heterocycles. The number of amides is 1. The molecule has 0 unspecified atom stereocenters. The van der Waals surface area contributed by atoms with Crippen LogP contribution >= 0.6 is 15.9 Å². The van der Waals surface area contributed by atoms with Gasteiger partial charge in [-0.1, -0.05) is 0 Å². The summed E-state index contributed by atoms with van der Waals surface area (Å²) in [5, 5.41) is 2.76. The molecule has 0 aliphatic heterocycles. The third kappa shape index (κ3) is 3.07. The molecule has 4 nitrogen and oxygen atoms in total. The van der Waals surface area contributed by atoms with Crippen molar-refractivity contribution < 1.29 is 9.53 Å². The molecule has 2 aromatic rings. The van der Waals surface area contributed by atoms with Crippen molar-refractivity contribution in [3.05, 3.63) is 52.8 Å². The Labute approximate surface area is 113 Å². The molecule has 0 fully saturated rings. The minimum atomic E-state index is -0.183. The van der Waals surface area contributed by atoms with Crippen LogP contribution in [0.25, 0.3) is 0 Å². The van der Waals surface area contributed by atoms with Gasteiger partial charge in [-0.3, -0.25) is 9.78 Å². The molecule has 1 amide bonds. The number of nitrogens with zero attached hydrogens (tertiary/aromatic N) is 1. The lowest BCUT2D eigenvalue weighted by Gasteiger charge is -2.06. The number of halogens is 1. The Morgan fingerprint density at radius 1 is 1.28 bits per heavy atom. The van der Waals surface area contributed by atoms with Gasteiger partial charge in [0, 0.05) is 16.2 Å². The summed E-state index contributed by atoms with van der Waals surface area (Å²) < 4.78 is 5.85. The zero-order valence-electron chi connectivity index (χ0n) is 9.68. The lowest BCUT2D eigenvalue weighted by molar-refractivity contribution is 0.102. The lowest BCUT2D eigenvalue weighted by atomic mass is 10.2. The van der Waals surface area contributed by atoms with Crippen molar-refractivity contribution in [2.75, 3.05) is 12.4 Å². The second-order valence-corrected chi connectivity index (χ2v) is 4.49. The molecule has 0 saturated heterocycles. The van der Waals surface area contributed by atoms with Gasteiger partial charge in [-0.25, -0.2) is 0 Å². The molecule has 0 spiro atoms. The number of carbonyl (C=O) groups excluding carboxylic acids is 1. The maximum absolute atomic E-state index is 11.9. The van der Waals surface area contributed by atoms with Crippen LogP contribution in [0.15, 0.2) is 47.2 Å². The molecule has 2 rings (SSSR count). The van der Waals surface area contributed by atoms with E-state index in [1.54, 1.807) is 49.8 Å². The van der Waals surface area contributed by atoms with Crippen LogP contribution in [-0.2, 0) is 0 Å². The number of anilines is 1. The monoisotopic (exact) mass is 306 g/mol. The van der Waals surface area contributed by atoms with Crippen LogP contribution in [0.2, 0.25) is 0 Å². The molecule has 1 N–H and O–H groups in total. The summed E-state index contributed by atoms with van der Waals surface area (Å²) in [5.41, 5.74) is 1.21. The van der Waals surface area contributed by atoms with Gasteiger partial charge >= 0.3 is 0 Å². The molecular weight excluding hydrogens is 296 g/mol. The maximum Gasteiger partial charge on any atom is 0.255 e. The number of rotatable bonds is 3. The number of benzene rings is 1. The number of hydrogen-bond acceptors (Lipinski definition) is 3. The first-order valence-corrected chi connectivity index (χ1v) is 6.04. The van der Waals surface area contributed by atoms with E-state index in [9.17, 15) is 4.79 Å². The van der Waals surface area contributed by atoms with Crippen molar-refractivity contribution >= 4 is 27.5 Å². The summed E-state index contributed by atoms with van der Waals surface area (Å²) in [5.74, 6) is 0.535. The summed E-state index contributed by atoms with van der Waals surface area (Å²) in [6.45, 7) is 0. The minimum absolute atomic E-state index is 0.183. The Bertz CT molecular complexity index is 555. The van der Waals surface area contributed by atoms with E-state index in [-0.39, 0.29) is 5.91 Å². The first-order valence-electron chi connectivity index (χ1n) is 5.25. The summed E-state index contributed by atoms with van der Waals surface area (Å²) in [6.07, 6.45) is 3.25. The highest BCUT2D eigenvalue weighted by Crippen LogP contribution is 2.16. The Morgan fingerprint density at radius 2 is 2.00 bits per heavy atom. The van der Waals surface area contributed by atoms with Crippen LogP contribution in [0.4, 0.5) is 5.69 Å². The molecule has 0 saturated carbocycles. The molecular formula is C13H11BrN2O2. The SMILES string of the molecule is COc1ccc(C(=O)Nc2cncc(Br)c2)cc1. The molecule has 1 aromatic carbocycles. The molecule has 0 radical (unpaired) electrons.